The second-order valence-electron chi connectivity index (χ2n) is 5.82. The molecule has 2 heterocycles. The van der Waals surface area contributed by atoms with Crippen LogP contribution >= 0.6 is 12.4 Å². The smallest absolute Gasteiger partial charge is 0.330 e. The highest BCUT2D eigenvalue weighted by molar-refractivity contribution is 7.89. The highest BCUT2D eigenvalue weighted by Crippen LogP contribution is 2.19. The van der Waals surface area contributed by atoms with Crippen molar-refractivity contribution in [3.63, 3.8) is 0 Å². The van der Waals surface area contributed by atoms with Crippen molar-refractivity contribution in [3.05, 3.63) is 27.0 Å². The van der Waals surface area contributed by atoms with Gasteiger partial charge in [-0.25, -0.2) is 17.9 Å². The first-order valence-electron chi connectivity index (χ1n) is 7.23. The third-order valence-electron chi connectivity index (χ3n) is 4.06. The van der Waals surface area contributed by atoms with Gasteiger partial charge in [0.05, 0.1) is 12.1 Å². The zero-order chi connectivity index (χ0) is 17.3. The summed E-state index contributed by atoms with van der Waals surface area (Å²) in [6, 6.07) is 0. The van der Waals surface area contributed by atoms with Gasteiger partial charge in [-0.3, -0.25) is 9.36 Å². The maximum Gasteiger partial charge on any atom is 0.330 e. The highest BCUT2D eigenvalue weighted by Gasteiger charge is 2.35. The molecule has 11 heteroatoms. The minimum atomic E-state index is -4.04. The van der Waals surface area contributed by atoms with E-state index in [0.29, 0.717) is 6.61 Å². The summed E-state index contributed by atoms with van der Waals surface area (Å²) >= 11 is 0. The van der Waals surface area contributed by atoms with Crippen molar-refractivity contribution < 1.29 is 13.2 Å². The Kier molecular flexibility index (Phi) is 6.76. The fourth-order valence-corrected chi connectivity index (χ4v) is 4.03. The number of ether oxygens (including phenoxy) is 1. The Morgan fingerprint density at radius 2 is 2.04 bits per heavy atom. The molecular formula is C13H23ClN4O5S. The molecule has 9 nitrogen and oxygen atoms in total. The third-order valence-corrected chi connectivity index (χ3v) is 5.44. The van der Waals surface area contributed by atoms with Gasteiger partial charge in [-0.1, -0.05) is 0 Å². The molecule has 1 saturated heterocycles. The molecule has 0 aromatic carbocycles. The molecule has 1 aliphatic heterocycles. The average molecular weight is 383 g/mol. The van der Waals surface area contributed by atoms with Crippen LogP contribution in [0, 0.1) is 0 Å². The molecule has 1 fully saturated rings. The monoisotopic (exact) mass is 382 g/mol. The Bertz CT molecular complexity index is 796. The molecule has 2 N–H and O–H groups in total. The van der Waals surface area contributed by atoms with Crippen LogP contribution in [0.4, 0.5) is 0 Å². The average Bonchev–Trinajstić information content (AvgIpc) is 2.96. The van der Waals surface area contributed by atoms with Crippen LogP contribution in [0.3, 0.4) is 0 Å². The number of hydrogen-bond donors (Lipinski definition) is 2. The molecule has 0 saturated carbocycles. The van der Waals surface area contributed by atoms with Gasteiger partial charge >= 0.3 is 5.69 Å². The van der Waals surface area contributed by atoms with Crippen molar-refractivity contribution in [2.24, 2.45) is 14.1 Å². The molecule has 1 atom stereocenters. The van der Waals surface area contributed by atoms with Gasteiger partial charge in [0, 0.05) is 33.9 Å². The minimum absolute atomic E-state index is 0. The molecule has 0 aliphatic carbocycles. The second kappa shape index (κ2) is 7.79. The molecule has 0 amide bonds. The maximum absolute atomic E-state index is 12.5. The van der Waals surface area contributed by atoms with Crippen molar-refractivity contribution in [3.8, 4) is 0 Å². The fourth-order valence-electron chi connectivity index (χ4n) is 2.74. The second-order valence-corrected chi connectivity index (χ2v) is 7.55. The molecule has 24 heavy (non-hydrogen) atoms. The quantitative estimate of drug-likeness (QED) is 0.623. The first kappa shape index (κ1) is 20.8. The summed E-state index contributed by atoms with van der Waals surface area (Å²) in [5, 5.41) is 3.25. The zero-order valence-electron chi connectivity index (χ0n) is 13.9. The Balaban J connectivity index is 0.00000288. The van der Waals surface area contributed by atoms with Gasteiger partial charge in [0.1, 0.15) is 0 Å². The lowest BCUT2D eigenvalue weighted by atomic mass is 9.99. The summed E-state index contributed by atoms with van der Waals surface area (Å²) in [5.41, 5.74) is -1.91. The molecular weight excluding hydrogens is 360 g/mol. The third kappa shape index (κ3) is 4.06. The normalized spacial score (nSPS) is 20.8. The summed E-state index contributed by atoms with van der Waals surface area (Å²) < 4.78 is 34.4. The Morgan fingerprint density at radius 3 is 2.58 bits per heavy atom. The van der Waals surface area contributed by atoms with Crippen molar-refractivity contribution in [1.82, 2.24) is 19.2 Å². The van der Waals surface area contributed by atoms with Gasteiger partial charge in [-0.2, -0.15) is 0 Å². The van der Waals surface area contributed by atoms with Crippen LogP contribution < -0.4 is 21.3 Å². The van der Waals surface area contributed by atoms with Crippen molar-refractivity contribution in [1.29, 1.82) is 0 Å². The number of aryl methyl sites for hydroxylation is 1. The van der Waals surface area contributed by atoms with Crippen LogP contribution in [0.2, 0.25) is 0 Å². The lowest BCUT2D eigenvalue weighted by Crippen LogP contribution is -2.53. The van der Waals surface area contributed by atoms with E-state index in [9.17, 15) is 18.0 Å². The van der Waals surface area contributed by atoms with Gasteiger partial charge in [-0.05, 0) is 19.4 Å². The van der Waals surface area contributed by atoms with E-state index in [1.807, 2.05) is 0 Å². The number of hydrogen-bond acceptors (Lipinski definition) is 6. The van der Waals surface area contributed by atoms with Crippen molar-refractivity contribution in [2.75, 3.05) is 26.8 Å². The molecule has 1 aromatic rings. The topological polar surface area (TPSA) is 111 Å². The molecule has 0 bridgehead atoms. The largest absolute Gasteiger partial charge is 0.383 e. The predicted octanol–water partition coefficient (Wildman–Crippen LogP) is -1.45. The summed E-state index contributed by atoms with van der Waals surface area (Å²) in [6.07, 6.45) is 2.74. The molecule has 1 unspecified atom stereocenters. The Morgan fingerprint density at radius 1 is 1.38 bits per heavy atom. The Labute approximate surface area is 146 Å². The van der Waals surface area contributed by atoms with E-state index in [0.717, 1.165) is 34.7 Å². The number of halogens is 1. The lowest BCUT2D eigenvalue weighted by Gasteiger charge is -2.28. The number of aromatic nitrogens is 2. The van der Waals surface area contributed by atoms with E-state index < -0.39 is 31.7 Å². The molecule has 1 aromatic heterocycles. The van der Waals surface area contributed by atoms with E-state index in [1.165, 1.54) is 14.1 Å². The number of nitrogens with one attached hydrogen (secondary N) is 2. The fraction of sp³-hybridized carbons (Fsp3) is 0.692. The van der Waals surface area contributed by atoms with Gasteiger partial charge in [0.25, 0.3) is 5.56 Å². The molecule has 0 radical (unpaired) electrons. The number of methoxy groups -OCH3 is 1. The van der Waals surface area contributed by atoms with E-state index in [2.05, 4.69) is 10.0 Å². The Hall–Kier alpha value is -1.20. The number of nitrogens with zero attached hydrogens (tertiary/aromatic N) is 2. The number of sulfonamides is 1. The SMILES string of the molecule is COCC1(CNS(=O)(=O)c2cn(C)c(=O)n(C)c2=O)CCCN1.Cl. The van der Waals surface area contributed by atoms with Crippen LogP contribution in [0.25, 0.3) is 0 Å². The van der Waals surface area contributed by atoms with Gasteiger partial charge in [0.2, 0.25) is 10.0 Å². The maximum atomic E-state index is 12.5. The minimum Gasteiger partial charge on any atom is -0.383 e. The first-order valence-corrected chi connectivity index (χ1v) is 8.71. The number of rotatable bonds is 6. The van der Waals surface area contributed by atoms with E-state index in [1.54, 1.807) is 7.11 Å². The van der Waals surface area contributed by atoms with Crippen LogP contribution in [-0.4, -0.2) is 49.9 Å². The lowest BCUT2D eigenvalue weighted by molar-refractivity contribution is 0.122. The van der Waals surface area contributed by atoms with Crippen LogP contribution in [0.5, 0.6) is 0 Å². The standard InChI is InChI=1S/C13H22N4O5S.ClH/c1-16-7-10(11(18)17(2)12(16)19)23(20,21)15-8-13(9-22-3)5-4-6-14-13;/h7,14-15H,4-6,8-9H2,1-3H3;1H. The van der Waals surface area contributed by atoms with Gasteiger partial charge in [-0.15, -0.1) is 12.4 Å². The predicted molar refractivity (Wildman–Crippen MR) is 91.2 cm³/mol. The van der Waals surface area contributed by atoms with Crippen LogP contribution in [0.15, 0.2) is 20.7 Å². The first-order chi connectivity index (χ1) is 10.7. The summed E-state index contributed by atoms with van der Waals surface area (Å²) in [4.78, 5) is 23.3. The summed E-state index contributed by atoms with van der Waals surface area (Å²) in [6.45, 7) is 1.25. The van der Waals surface area contributed by atoms with E-state index >= 15 is 0 Å². The molecule has 1 aliphatic rings. The summed E-state index contributed by atoms with van der Waals surface area (Å²) in [5.74, 6) is 0. The van der Waals surface area contributed by atoms with Gasteiger partial charge < -0.3 is 14.6 Å². The highest BCUT2D eigenvalue weighted by atomic mass is 35.5. The van der Waals surface area contributed by atoms with E-state index in [4.69, 9.17) is 4.74 Å². The van der Waals surface area contributed by atoms with Crippen LogP contribution in [-0.2, 0) is 28.9 Å². The van der Waals surface area contributed by atoms with Crippen molar-refractivity contribution >= 4 is 22.4 Å². The molecule has 138 valence electrons. The van der Waals surface area contributed by atoms with Gasteiger partial charge in [0.15, 0.2) is 4.90 Å². The summed E-state index contributed by atoms with van der Waals surface area (Å²) in [7, 11) is 0.159. The zero-order valence-corrected chi connectivity index (χ0v) is 15.5. The van der Waals surface area contributed by atoms with E-state index in [-0.39, 0.29) is 19.0 Å². The van der Waals surface area contributed by atoms with Crippen molar-refractivity contribution in [2.45, 2.75) is 23.3 Å². The molecule has 2 rings (SSSR count). The van der Waals surface area contributed by atoms with Crippen LogP contribution in [0.1, 0.15) is 12.8 Å². The molecule has 0 spiro atoms.